The van der Waals surface area contributed by atoms with E-state index in [0.717, 1.165) is 5.56 Å². The molecule has 0 atom stereocenters. The fourth-order valence-electron chi connectivity index (χ4n) is 1.36. The Morgan fingerprint density at radius 3 is 2.44 bits per heavy atom. The highest BCUT2D eigenvalue weighted by molar-refractivity contribution is 5.48. The third-order valence-electron chi connectivity index (χ3n) is 2.30. The Hall–Kier alpha value is -2.37. The van der Waals surface area contributed by atoms with Gasteiger partial charge in [-0.25, -0.2) is 4.68 Å². The van der Waals surface area contributed by atoms with Crippen LogP contribution in [0.15, 0.2) is 30.5 Å². The van der Waals surface area contributed by atoms with Gasteiger partial charge in [-0.05, 0) is 19.1 Å². The lowest BCUT2D eigenvalue weighted by Crippen LogP contribution is -2.02. The van der Waals surface area contributed by atoms with Crippen LogP contribution in [0.1, 0.15) is 5.56 Å². The van der Waals surface area contributed by atoms with Crippen LogP contribution in [0.3, 0.4) is 0 Å². The molecular formula is C10H10N4O2. The van der Waals surface area contributed by atoms with Crippen LogP contribution in [0.4, 0.5) is 11.5 Å². The van der Waals surface area contributed by atoms with Gasteiger partial charge < -0.3 is 5.73 Å². The molecule has 0 unspecified atom stereocenters. The minimum absolute atomic E-state index is 0.0474. The molecule has 2 N–H and O–H groups in total. The van der Waals surface area contributed by atoms with Crippen LogP contribution in [0, 0.1) is 17.0 Å². The number of benzene rings is 1. The van der Waals surface area contributed by atoms with Gasteiger partial charge >= 0.3 is 0 Å². The summed E-state index contributed by atoms with van der Waals surface area (Å²) in [4.78, 5) is 10.0. The van der Waals surface area contributed by atoms with Crippen LogP contribution < -0.4 is 5.73 Å². The Labute approximate surface area is 91.5 Å². The van der Waals surface area contributed by atoms with Crippen molar-refractivity contribution in [2.24, 2.45) is 0 Å². The summed E-state index contributed by atoms with van der Waals surface area (Å²) in [7, 11) is 0. The fourth-order valence-corrected chi connectivity index (χ4v) is 1.36. The van der Waals surface area contributed by atoms with Crippen molar-refractivity contribution in [3.8, 4) is 5.69 Å². The lowest BCUT2D eigenvalue weighted by atomic mass is 10.3. The predicted octanol–water partition coefficient (Wildman–Crippen LogP) is 1.67. The van der Waals surface area contributed by atoms with E-state index in [2.05, 4.69) is 5.10 Å². The quantitative estimate of drug-likeness (QED) is 0.613. The summed E-state index contributed by atoms with van der Waals surface area (Å²) < 4.78 is 1.54. The van der Waals surface area contributed by atoms with Crippen LogP contribution in [-0.2, 0) is 0 Å². The molecule has 0 amide bonds. The van der Waals surface area contributed by atoms with E-state index in [0.29, 0.717) is 11.5 Å². The molecule has 16 heavy (non-hydrogen) atoms. The Morgan fingerprint density at radius 1 is 1.38 bits per heavy atom. The molecule has 2 aromatic rings. The first-order valence-electron chi connectivity index (χ1n) is 4.64. The van der Waals surface area contributed by atoms with Gasteiger partial charge in [-0.2, -0.15) is 5.10 Å². The summed E-state index contributed by atoms with van der Waals surface area (Å²) in [5.74, 6) is 0.536. The molecule has 0 radical (unpaired) electrons. The lowest BCUT2D eigenvalue weighted by molar-refractivity contribution is -0.384. The van der Waals surface area contributed by atoms with Crippen molar-refractivity contribution in [3.63, 3.8) is 0 Å². The van der Waals surface area contributed by atoms with Gasteiger partial charge in [-0.15, -0.1) is 0 Å². The number of nitrogen functional groups attached to an aromatic ring is 1. The number of nitrogens with two attached hydrogens (primary N) is 1. The Morgan fingerprint density at radius 2 is 2.00 bits per heavy atom. The highest BCUT2D eigenvalue weighted by Gasteiger charge is 2.08. The second-order valence-electron chi connectivity index (χ2n) is 3.40. The molecule has 2 rings (SSSR count). The molecule has 1 aromatic carbocycles. The molecule has 82 valence electrons. The van der Waals surface area contributed by atoms with Gasteiger partial charge in [-0.1, -0.05) is 0 Å². The first-order valence-corrected chi connectivity index (χ1v) is 4.64. The third kappa shape index (κ3) is 1.60. The monoisotopic (exact) mass is 218 g/mol. The van der Waals surface area contributed by atoms with Crippen molar-refractivity contribution in [2.75, 3.05) is 5.73 Å². The van der Waals surface area contributed by atoms with E-state index in [1.54, 1.807) is 23.0 Å². The molecule has 0 aliphatic rings. The van der Waals surface area contributed by atoms with E-state index in [4.69, 9.17) is 5.73 Å². The third-order valence-corrected chi connectivity index (χ3v) is 2.30. The topological polar surface area (TPSA) is 87.0 Å². The van der Waals surface area contributed by atoms with Gasteiger partial charge in [0.1, 0.15) is 5.82 Å². The molecule has 6 heteroatoms. The fraction of sp³-hybridized carbons (Fsp3) is 0.100. The van der Waals surface area contributed by atoms with Crippen molar-refractivity contribution < 1.29 is 4.92 Å². The average molecular weight is 218 g/mol. The van der Waals surface area contributed by atoms with Crippen LogP contribution in [0.5, 0.6) is 0 Å². The van der Waals surface area contributed by atoms with Crippen LogP contribution in [0.2, 0.25) is 0 Å². The molecule has 0 fully saturated rings. The summed E-state index contributed by atoms with van der Waals surface area (Å²) in [5.41, 5.74) is 7.42. The standard InChI is InChI=1S/C10H10N4O2/c1-7-6-12-13(10(7)11)8-2-4-9(5-3-8)14(15)16/h2-6H,11H2,1H3. The number of nitro groups is 1. The zero-order valence-corrected chi connectivity index (χ0v) is 8.62. The number of hydrogen-bond acceptors (Lipinski definition) is 4. The maximum atomic E-state index is 10.5. The van der Waals surface area contributed by atoms with Crippen molar-refractivity contribution in [1.82, 2.24) is 9.78 Å². The number of anilines is 1. The van der Waals surface area contributed by atoms with Crippen LogP contribution >= 0.6 is 0 Å². The van der Waals surface area contributed by atoms with Gasteiger partial charge in [0.2, 0.25) is 0 Å². The predicted molar refractivity (Wildman–Crippen MR) is 59.4 cm³/mol. The van der Waals surface area contributed by atoms with Crippen molar-refractivity contribution in [3.05, 3.63) is 46.1 Å². The maximum absolute atomic E-state index is 10.5. The lowest BCUT2D eigenvalue weighted by Gasteiger charge is -2.03. The number of nitrogens with zero attached hydrogens (tertiary/aromatic N) is 3. The molecule has 6 nitrogen and oxygen atoms in total. The molecule has 0 bridgehead atoms. The summed E-state index contributed by atoms with van der Waals surface area (Å²) in [6, 6.07) is 6.07. The first-order chi connectivity index (χ1) is 7.59. The number of nitro benzene ring substituents is 1. The number of rotatable bonds is 2. The van der Waals surface area contributed by atoms with E-state index in [9.17, 15) is 10.1 Å². The van der Waals surface area contributed by atoms with Crippen molar-refractivity contribution >= 4 is 11.5 Å². The highest BCUT2D eigenvalue weighted by atomic mass is 16.6. The van der Waals surface area contributed by atoms with Crippen LogP contribution in [-0.4, -0.2) is 14.7 Å². The van der Waals surface area contributed by atoms with Gasteiger partial charge in [0.25, 0.3) is 5.69 Å². The SMILES string of the molecule is Cc1cnn(-c2ccc([N+](=O)[O-])cc2)c1N. The zero-order chi connectivity index (χ0) is 11.7. The largest absolute Gasteiger partial charge is 0.383 e. The van der Waals surface area contributed by atoms with Gasteiger partial charge in [0.15, 0.2) is 0 Å². The van der Waals surface area contributed by atoms with E-state index in [-0.39, 0.29) is 5.69 Å². The zero-order valence-electron chi connectivity index (χ0n) is 8.62. The van der Waals surface area contributed by atoms with E-state index in [1.165, 1.54) is 12.1 Å². The second kappa shape index (κ2) is 3.65. The van der Waals surface area contributed by atoms with Crippen molar-refractivity contribution in [1.29, 1.82) is 0 Å². The van der Waals surface area contributed by atoms with E-state index < -0.39 is 4.92 Å². The second-order valence-corrected chi connectivity index (χ2v) is 3.40. The minimum Gasteiger partial charge on any atom is -0.383 e. The molecule has 1 heterocycles. The summed E-state index contributed by atoms with van der Waals surface area (Å²) in [6.45, 7) is 1.85. The normalized spacial score (nSPS) is 10.3. The Bertz CT molecular complexity index is 530. The maximum Gasteiger partial charge on any atom is 0.269 e. The van der Waals surface area contributed by atoms with Crippen LogP contribution in [0.25, 0.3) is 5.69 Å². The number of hydrogen-bond donors (Lipinski definition) is 1. The molecule has 0 saturated heterocycles. The summed E-state index contributed by atoms with van der Waals surface area (Å²) >= 11 is 0. The first kappa shape index (κ1) is 10.2. The number of aryl methyl sites for hydroxylation is 1. The molecular weight excluding hydrogens is 208 g/mol. The molecule has 0 aliphatic heterocycles. The minimum atomic E-state index is -0.443. The Kier molecular flexibility index (Phi) is 2.32. The van der Waals surface area contributed by atoms with E-state index in [1.807, 2.05) is 6.92 Å². The molecule has 0 saturated carbocycles. The number of non-ortho nitro benzene ring substituents is 1. The summed E-state index contributed by atoms with van der Waals surface area (Å²) in [5, 5.41) is 14.6. The molecule has 0 spiro atoms. The van der Waals surface area contributed by atoms with Gasteiger partial charge in [-0.3, -0.25) is 10.1 Å². The number of aromatic nitrogens is 2. The van der Waals surface area contributed by atoms with Gasteiger partial charge in [0.05, 0.1) is 16.8 Å². The smallest absolute Gasteiger partial charge is 0.269 e. The molecule has 1 aromatic heterocycles. The Balaban J connectivity index is 2.42. The molecule has 0 aliphatic carbocycles. The average Bonchev–Trinajstić information content (AvgIpc) is 2.60. The van der Waals surface area contributed by atoms with Gasteiger partial charge in [0, 0.05) is 17.7 Å². The highest BCUT2D eigenvalue weighted by Crippen LogP contribution is 2.18. The van der Waals surface area contributed by atoms with Crippen molar-refractivity contribution in [2.45, 2.75) is 6.92 Å². The van der Waals surface area contributed by atoms with E-state index >= 15 is 0 Å². The summed E-state index contributed by atoms with van der Waals surface area (Å²) in [6.07, 6.45) is 1.65.